The van der Waals surface area contributed by atoms with E-state index < -0.39 is 0 Å². The number of nitrogens with zero attached hydrogens (tertiary/aromatic N) is 2. The van der Waals surface area contributed by atoms with E-state index in [2.05, 4.69) is 121 Å². The first-order valence-electron chi connectivity index (χ1n) is 18.1. The summed E-state index contributed by atoms with van der Waals surface area (Å²) in [4.78, 5) is 4.33. The highest BCUT2D eigenvalue weighted by Crippen LogP contribution is 2.43. The first-order chi connectivity index (χ1) is 26.4. The van der Waals surface area contributed by atoms with Gasteiger partial charge in [0.25, 0.3) is 0 Å². The molecule has 262 valence electrons. The number of phenolic OH excluding ortho intramolecular Hbond substituents is 2. The van der Waals surface area contributed by atoms with Crippen molar-refractivity contribution in [2.75, 3.05) is 9.80 Å². The minimum Gasteiger partial charge on any atom is -0.507 e. The van der Waals surface area contributed by atoms with Gasteiger partial charge in [0.15, 0.2) is 0 Å². The van der Waals surface area contributed by atoms with Crippen molar-refractivity contribution in [1.29, 1.82) is 0 Å². The molecular formula is C50H40N2O2. The predicted octanol–water partition coefficient (Wildman–Crippen LogP) is 13.7. The smallest absolute Gasteiger partial charge is 0.125 e. The van der Waals surface area contributed by atoms with Crippen LogP contribution in [-0.4, -0.2) is 10.2 Å². The van der Waals surface area contributed by atoms with Crippen LogP contribution in [0.25, 0.3) is 33.4 Å². The van der Waals surface area contributed by atoms with E-state index in [0.29, 0.717) is 0 Å². The molecule has 0 aliphatic heterocycles. The number of rotatable bonds is 9. The summed E-state index contributed by atoms with van der Waals surface area (Å²) in [6.45, 7) is 4.21. The van der Waals surface area contributed by atoms with Crippen LogP contribution >= 0.6 is 0 Å². The number of benzene rings is 8. The number of hydrogen-bond donors (Lipinski definition) is 2. The number of hydrogen-bond acceptors (Lipinski definition) is 4. The van der Waals surface area contributed by atoms with Crippen LogP contribution in [0.2, 0.25) is 0 Å². The molecule has 0 fully saturated rings. The van der Waals surface area contributed by atoms with Gasteiger partial charge in [-0.15, -0.1) is 0 Å². The van der Waals surface area contributed by atoms with E-state index in [1.165, 1.54) is 11.1 Å². The molecular weight excluding hydrogens is 661 g/mol. The lowest BCUT2D eigenvalue weighted by Crippen LogP contribution is -2.10. The van der Waals surface area contributed by atoms with Crippen LogP contribution in [0.5, 0.6) is 11.5 Å². The van der Waals surface area contributed by atoms with Gasteiger partial charge in [-0.2, -0.15) is 0 Å². The molecule has 0 heterocycles. The van der Waals surface area contributed by atoms with Gasteiger partial charge in [0.2, 0.25) is 0 Å². The van der Waals surface area contributed by atoms with Crippen LogP contribution in [0.1, 0.15) is 11.1 Å². The third kappa shape index (κ3) is 7.06. The first-order valence-corrected chi connectivity index (χ1v) is 18.1. The van der Waals surface area contributed by atoms with Crippen LogP contribution in [0.3, 0.4) is 0 Å². The molecule has 8 aromatic carbocycles. The minimum absolute atomic E-state index is 0.177. The van der Waals surface area contributed by atoms with Gasteiger partial charge in [-0.25, -0.2) is 0 Å². The average Bonchev–Trinajstić information content (AvgIpc) is 3.21. The SMILES string of the molecule is Cc1ccc(N(c2ccc(C)cc2)c2ccc(-c3ccc(N(c4ccc(-c5ccccc5)c(O)c4)c4ccc(-c5ccccc5)c(O)c4)cc3)cc2)cc1. The Morgan fingerprint density at radius 1 is 0.296 bits per heavy atom. The van der Waals surface area contributed by atoms with E-state index in [-0.39, 0.29) is 11.5 Å². The van der Waals surface area contributed by atoms with Crippen LogP contribution in [-0.2, 0) is 0 Å². The van der Waals surface area contributed by atoms with Crippen molar-refractivity contribution in [3.8, 4) is 44.9 Å². The second-order valence-corrected chi connectivity index (χ2v) is 13.6. The van der Waals surface area contributed by atoms with E-state index >= 15 is 0 Å². The van der Waals surface area contributed by atoms with E-state index in [9.17, 15) is 10.2 Å². The zero-order valence-corrected chi connectivity index (χ0v) is 30.3. The van der Waals surface area contributed by atoms with Crippen molar-refractivity contribution < 1.29 is 10.2 Å². The molecule has 4 heteroatoms. The van der Waals surface area contributed by atoms with E-state index in [1.807, 2.05) is 84.9 Å². The maximum atomic E-state index is 11.3. The first kappa shape index (κ1) is 34.1. The molecule has 0 spiro atoms. The lowest BCUT2D eigenvalue weighted by atomic mass is 10.0. The fraction of sp³-hybridized carbons (Fsp3) is 0.0400. The van der Waals surface area contributed by atoms with Crippen molar-refractivity contribution in [2.24, 2.45) is 0 Å². The molecule has 0 radical (unpaired) electrons. The summed E-state index contributed by atoms with van der Waals surface area (Å²) >= 11 is 0. The van der Waals surface area contributed by atoms with Gasteiger partial charge in [-0.3, -0.25) is 0 Å². The molecule has 0 saturated carbocycles. The average molecular weight is 701 g/mol. The van der Waals surface area contributed by atoms with E-state index in [0.717, 1.165) is 67.5 Å². The highest BCUT2D eigenvalue weighted by atomic mass is 16.3. The molecule has 0 aromatic heterocycles. The number of aryl methyl sites for hydroxylation is 2. The number of aromatic hydroxyl groups is 2. The lowest BCUT2D eigenvalue weighted by molar-refractivity contribution is 0.477. The fourth-order valence-corrected chi connectivity index (χ4v) is 6.93. The molecule has 0 saturated heterocycles. The molecule has 0 aliphatic carbocycles. The van der Waals surface area contributed by atoms with Crippen LogP contribution < -0.4 is 9.80 Å². The van der Waals surface area contributed by atoms with Gasteiger partial charge < -0.3 is 20.0 Å². The molecule has 0 unspecified atom stereocenters. The highest BCUT2D eigenvalue weighted by molar-refractivity contribution is 5.85. The Morgan fingerprint density at radius 2 is 0.593 bits per heavy atom. The largest absolute Gasteiger partial charge is 0.507 e. The zero-order chi connectivity index (χ0) is 37.0. The molecule has 0 aliphatic rings. The van der Waals surface area contributed by atoms with Gasteiger partial charge in [0.1, 0.15) is 11.5 Å². The Bertz CT molecular complexity index is 2360. The van der Waals surface area contributed by atoms with Crippen molar-refractivity contribution in [3.05, 3.63) is 205 Å². The Kier molecular flexibility index (Phi) is 9.40. The molecule has 8 aromatic rings. The fourth-order valence-electron chi connectivity index (χ4n) is 6.93. The summed E-state index contributed by atoms with van der Waals surface area (Å²) in [5, 5.41) is 22.6. The van der Waals surface area contributed by atoms with Crippen molar-refractivity contribution in [3.63, 3.8) is 0 Å². The summed E-state index contributed by atoms with van der Waals surface area (Å²) in [6.07, 6.45) is 0. The standard InChI is InChI=1S/C50H40N2O2/c1-35-13-21-41(22-14-35)51(42-23-15-36(2)16-24-42)43-25-17-37(18-26-43)38-19-27-44(28-20-38)52(45-29-31-47(49(53)33-45)39-9-5-3-6-10-39)46-30-32-48(50(54)34-46)40-11-7-4-8-12-40/h3-34,53-54H,1-2H3. The molecule has 54 heavy (non-hydrogen) atoms. The van der Waals surface area contributed by atoms with Crippen LogP contribution in [0.4, 0.5) is 34.1 Å². The maximum Gasteiger partial charge on any atom is 0.125 e. The van der Waals surface area contributed by atoms with Crippen molar-refractivity contribution >= 4 is 34.1 Å². The molecule has 0 amide bonds. The maximum absolute atomic E-state index is 11.3. The molecule has 0 bridgehead atoms. The van der Waals surface area contributed by atoms with Gasteiger partial charge in [0.05, 0.1) is 0 Å². The summed E-state index contributed by atoms with van der Waals surface area (Å²) < 4.78 is 0. The third-order valence-corrected chi connectivity index (χ3v) is 9.82. The van der Waals surface area contributed by atoms with Gasteiger partial charge in [-0.05, 0) is 109 Å². The summed E-state index contributed by atoms with van der Waals surface area (Å²) in [6, 6.07) is 65.5. The Morgan fingerprint density at radius 3 is 0.926 bits per heavy atom. The summed E-state index contributed by atoms with van der Waals surface area (Å²) in [5.74, 6) is 0.353. The minimum atomic E-state index is 0.177. The van der Waals surface area contributed by atoms with Crippen molar-refractivity contribution in [2.45, 2.75) is 13.8 Å². The van der Waals surface area contributed by atoms with Crippen LogP contribution in [0.15, 0.2) is 194 Å². The third-order valence-electron chi connectivity index (χ3n) is 9.82. The van der Waals surface area contributed by atoms with Crippen molar-refractivity contribution in [1.82, 2.24) is 0 Å². The molecule has 0 atom stereocenters. The topological polar surface area (TPSA) is 46.9 Å². The Hall–Kier alpha value is -7.04. The van der Waals surface area contributed by atoms with Gasteiger partial charge in [0, 0.05) is 57.4 Å². The highest BCUT2D eigenvalue weighted by Gasteiger charge is 2.18. The van der Waals surface area contributed by atoms with E-state index in [1.54, 1.807) is 12.1 Å². The van der Waals surface area contributed by atoms with E-state index in [4.69, 9.17) is 0 Å². The molecule has 4 nitrogen and oxygen atoms in total. The zero-order valence-electron chi connectivity index (χ0n) is 30.3. The molecule has 8 rings (SSSR count). The quantitative estimate of drug-likeness (QED) is 0.157. The van der Waals surface area contributed by atoms with Gasteiger partial charge in [-0.1, -0.05) is 120 Å². The monoisotopic (exact) mass is 700 g/mol. The second kappa shape index (κ2) is 14.9. The lowest BCUT2D eigenvalue weighted by Gasteiger charge is -2.27. The number of anilines is 6. The normalized spacial score (nSPS) is 10.9. The predicted molar refractivity (Wildman–Crippen MR) is 225 cm³/mol. The second-order valence-electron chi connectivity index (χ2n) is 13.6. The number of phenols is 2. The summed E-state index contributed by atoms with van der Waals surface area (Å²) in [7, 11) is 0. The van der Waals surface area contributed by atoms with Gasteiger partial charge >= 0.3 is 0 Å². The Labute approximate surface area is 317 Å². The summed E-state index contributed by atoms with van der Waals surface area (Å²) in [5.41, 5.74) is 13.7. The Balaban J connectivity index is 1.14. The van der Waals surface area contributed by atoms with Crippen LogP contribution in [0, 0.1) is 13.8 Å². The molecule has 2 N–H and O–H groups in total.